The second kappa shape index (κ2) is 4.27. The molecule has 0 saturated carbocycles. The summed E-state index contributed by atoms with van der Waals surface area (Å²) in [7, 11) is 1.19. The van der Waals surface area contributed by atoms with Crippen LogP contribution in [0.15, 0.2) is 18.2 Å². The highest BCUT2D eigenvalue weighted by Crippen LogP contribution is 2.25. The summed E-state index contributed by atoms with van der Waals surface area (Å²) >= 11 is 0. The normalized spacial score (nSPS) is 9.21. The van der Waals surface area contributed by atoms with Crippen molar-refractivity contribution in [3.8, 4) is 5.75 Å². The summed E-state index contributed by atoms with van der Waals surface area (Å²) in [4.78, 5) is 21.4. The number of esters is 1. The molecule has 0 saturated heterocycles. The number of benzene rings is 1. The summed E-state index contributed by atoms with van der Waals surface area (Å²) < 4.78 is 4.45. The van der Waals surface area contributed by atoms with E-state index in [-0.39, 0.29) is 17.0 Å². The predicted molar refractivity (Wildman–Crippen MR) is 49.1 cm³/mol. The second-order valence-corrected chi connectivity index (χ2v) is 2.45. The Morgan fingerprint density at radius 2 is 2.29 bits per heavy atom. The number of aromatic hydroxyl groups is 1. The van der Waals surface area contributed by atoms with Crippen LogP contribution < -0.4 is 5.32 Å². The summed E-state index contributed by atoms with van der Waals surface area (Å²) in [6.45, 7) is 0. The SMILES string of the molecule is COC(=O)c1c(O)cccc1NC=O. The van der Waals surface area contributed by atoms with E-state index in [4.69, 9.17) is 0 Å². The molecule has 0 bridgehead atoms. The maximum Gasteiger partial charge on any atom is 0.343 e. The molecular weight excluding hydrogens is 186 g/mol. The third-order valence-electron chi connectivity index (χ3n) is 1.65. The van der Waals surface area contributed by atoms with Gasteiger partial charge in [0.1, 0.15) is 11.3 Å². The highest BCUT2D eigenvalue weighted by Gasteiger charge is 2.15. The fourth-order valence-electron chi connectivity index (χ4n) is 1.04. The van der Waals surface area contributed by atoms with Crippen molar-refractivity contribution in [3.63, 3.8) is 0 Å². The van der Waals surface area contributed by atoms with Gasteiger partial charge in [-0.1, -0.05) is 6.07 Å². The van der Waals surface area contributed by atoms with Gasteiger partial charge in [-0.25, -0.2) is 4.79 Å². The number of carbonyl (C=O) groups excluding carboxylic acids is 2. The lowest BCUT2D eigenvalue weighted by atomic mass is 10.1. The Bertz CT molecular complexity index is 362. The van der Waals surface area contributed by atoms with E-state index in [0.29, 0.717) is 6.41 Å². The van der Waals surface area contributed by atoms with Crippen LogP contribution in [0.25, 0.3) is 0 Å². The summed E-state index contributed by atoms with van der Waals surface area (Å²) in [6, 6.07) is 4.33. The number of methoxy groups -OCH3 is 1. The third-order valence-corrected chi connectivity index (χ3v) is 1.65. The molecule has 0 fully saturated rings. The van der Waals surface area contributed by atoms with Gasteiger partial charge in [0.2, 0.25) is 6.41 Å². The summed E-state index contributed by atoms with van der Waals surface area (Å²) in [5.74, 6) is -0.934. The quantitative estimate of drug-likeness (QED) is 0.551. The molecule has 2 N–H and O–H groups in total. The van der Waals surface area contributed by atoms with Gasteiger partial charge in [0.15, 0.2) is 0 Å². The van der Waals surface area contributed by atoms with E-state index in [2.05, 4.69) is 10.1 Å². The van der Waals surface area contributed by atoms with Crippen LogP contribution in [0, 0.1) is 0 Å². The van der Waals surface area contributed by atoms with Gasteiger partial charge in [-0.15, -0.1) is 0 Å². The van der Waals surface area contributed by atoms with Crippen molar-refractivity contribution in [2.75, 3.05) is 12.4 Å². The summed E-state index contributed by atoms with van der Waals surface area (Å²) in [5.41, 5.74) is 0.161. The molecule has 14 heavy (non-hydrogen) atoms. The lowest BCUT2D eigenvalue weighted by Gasteiger charge is -2.07. The van der Waals surface area contributed by atoms with Crippen molar-refractivity contribution in [2.45, 2.75) is 0 Å². The Morgan fingerprint density at radius 3 is 2.86 bits per heavy atom. The van der Waals surface area contributed by atoms with Gasteiger partial charge in [-0.3, -0.25) is 4.79 Å². The first-order valence-corrected chi connectivity index (χ1v) is 3.81. The van der Waals surface area contributed by atoms with Gasteiger partial charge in [-0.2, -0.15) is 0 Å². The maximum absolute atomic E-state index is 11.2. The van der Waals surface area contributed by atoms with E-state index < -0.39 is 5.97 Å². The number of rotatable bonds is 3. The number of hydrogen-bond acceptors (Lipinski definition) is 4. The number of phenols is 1. The molecule has 5 nitrogen and oxygen atoms in total. The van der Waals surface area contributed by atoms with Crippen LogP contribution in [-0.2, 0) is 9.53 Å². The molecule has 0 radical (unpaired) electrons. The smallest absolute Gasteiger partial charge is 0.343 e. The number of carbonyl (C=O) groups is 2. The highest BCUT2D eigenvalue weighted by atomic mass is 16.5. The molecule has 74 valence electrons. The topological polar surface area (TPSA) is 75.6 Å². The van der Waals surface area contributed by atoms with E-state index in [1.807, 2.05) is 0 Å². The predicted octanol–water partition coefficient (Wildman–Crippen LogP) is 0.747. The number of phenolic OH excluding ortho intramolecular Hbond substituents is 1. The van der Waals surface area contributed by atoms with Crippen LogP contribution in [0.1, 0.15) is 10.4 Å². The zero-order chi connectivity index (χ0) is 10.6. The lowest BCUT2D eigenvalue weighted by molar-refractivity contribution is -0.105. The van der Waals surface area contributed by atoms with Crippen molar-refractivity contribution >= 4 is 18.1 Å². The molecule has 5 heteroatoms. The van der Waals surface area contributed by atoms with Gasteiger partial charge in [0.05, 0.1) is 12.8 Å². The summed E-state index contributed by atoms with van der Waals surface area (Å²) in [6.07, 6.45) is 0.418. The Hall–Kier alpha value is -2.04. The summed E-state index contributed by atoms with van der Waals surface area (Å²) in [5, 5.41) is 11.7. The Kier molecular flexibility index (Phi) is 3.06. The monoisotopic (exact) mass is 195 g/mol. The van der Waals surface area contributed by atoms with Crippen LogP contribution in [0.5, 0.6) is 5.75 Å². The second-order valence-electron chi connectivity index (χ2n) is 2.45. The van der Waals surface area contributed by atoms with E-state index in [9.17, 15) is 14.7 Å². The fraction of sp³-hybridized carbons (Fsp3) is 0.111. The number of nitrogens with one attached hydrogen (secondary N) is 1. The van der Waals surface area contributed by atoms with Crippen LogP contribution in [0.4, 0.5) is 5.69 Å². The Balaban J connectivity index is 3.21. The standard InChI is InChI=1S/C9H9NO4/c1-14-9(13)8-6(10-5-11)3-2-4-7(8)12/h2-5,12H,1H3,(H,10,11). The average molecular weight is 195 g/mol. The molecule has 0 heterocycles. The zero-order valence-corrected chi connectivity index (χ0v) is 7.48. The first-order valence-electron chi connectivity index (χ1n) is 3.81. The first kappa shape index (κ1) is 10.0. The molecule has 0 spiro atoms. The van der Waals surface area contributed by atoms with Crippen LogP contribution in [0.3, 0.4) is 0 Å². The average Bonchev–Trinajstić information content (AvgIpc) is 2.18. The molecule has 1 aromatic carbocycles. The first-order chi connectivity index (χ1) is 6.70. The molecule has 0 aliphatic carbocycles. The number of amides is 1. The van der Waals surface area contributed by atoms with Crippen molar-refractivity contribution in [1.82, 2.24) is 0 Å². The maximum atomic E-state index is 11.2. The molecule has 0 unspecified atom stereocenters. The molecule has 0 aliphatic heterocycles. The van der Waals surface area contributed by atoms with Gasteiger partial charge in [-0.05, 0) is 12.1 Å². The van der Waals surface area contributed by atoms with Crippen molar-refractivity contribution < 1.29 is 19.4 Å². The number of ether oxygens (including phenoxy) is 1. The number of anilines is 1. The van der Waals surface area contributed by atoms with Crippen molar-refractivity contribution in [3.05, 3.63) is 23.8 Å². The van der Waals surface area contributed by atoms with Gasteiger partial charge >= 0.3 is 5.97 Å². The van der Waals surface area contributed by atoms with Crippen molar-refractivity contribution in [1.29, 1.82) is 0 Å². The minimum absolute atomic E-state index is 0.0536. The van der Waals surface area contributed by atoms with Gasteiger partial charge in [0.25, 0.3) is 0 Å². The minimum Gasteiger partial charge on any atom is -0.507 e. The third kappa shape index (κ3) is 1.82. The van der Waals surface area contributed by atoms with Crippen LogP contribution in [0.2, 0.25) is 0 Å². The van der Waals surface area contributed by atoms with E-state index in [1.165, 1.54) is 25.3 Å². The Labute approximate surface area is 80.3 Å². The molecule has 1 rings (SSSR count). The fourth-order valence-corrected chi connectivity index (χ4v) is 1.04. The van der Waals surface area contributed by atoms with Gasteiger partial charge < -0.3 is 15.2 Å². The van der Waals surface area contributed by atoms with Crippen molar-refractivity contribution in [2.24, 2.45) is 0 Å². The number of hydrogen-bond donors (Lipinski definition) is 2. The lowest BCUT2D eigenvalue weighted by Crippen LogP contribution is -2.07. The van der Waals surface area contributed by atoms with Crippen LogP contribution >= 0.6 is 0 Å². The molecule has 1 aromatic rings. The van der Waals surface area contributed by atoms with E-state index in [1.54, 1.807) is 0 Å². The minimum atomic E-state index is -0.701. The molecular formula is C9H9NO4. The van der Waals surface area contributed by atoms with E-state index >= 15 is 0 Å². The molecule has 0 aliphatic rings. The van der Waals surface area contributed by atoms with Gasteiger partial charge in [0, 0.05) is 0 Å². The molecule has 0 aromatic heterocycles. The van der Waals surface area contributed by atoms with Crippen LogP contribution in [-0.4, -0.2) is 24.6 Å². The largest absolute Gasteiger partial charge is 0.507 e. The van der Waals surface area contributed by atoms with E-state index in [0.717, 1.165) is 0 Å². The molecule has 0 atom stereocenters. The highest BCUT2D eigenvalue weighted by molar-refractivity contribution is 6.00. The Morgan fingerprint density at radius 1 is 1.57 bits per heavy atom. The zero-order valence-electron chi connectivity index (χ0n) is 7.48. The molecule has 1 amide bonds.